The first-order chi connectivity index (χ1) is 11.6. The Morgan fingerprint density at radius 2 is 2.08 bits per heavy atom. The molecule has 2 heterocycles. The molecule has 0 radical (unpaired) electrons. The molecule has 1 aliphatic heterocycles. The van der Waals surface area contributed by atoms with Gasteiger partial charge in [-0.2, -0.15) is 0 Å². The summed E-state index contributed by atoms with van der Waals surface area (Å²) in [6, 6.07) is 11.0. The number of β-amino-alcohol motifs (C(OH)–C–C–N with tert-alkyl or cyclic N) is 1. The predicted octanol–water partition coefficient (Wildman–Crippen LogP) is 2.53. The highest BCUT2D eigenvalue weighted by Gasteiger charge is 2.29. The van der Waals surface area contributed by atoms with Gasteiger partial charge < -0.3 is 15.3 Å². The van der Waals surface area contributed by atoms with Gasteiger partial charge in [-0.1, -0.05) is 12.1 Å². The molecule has 1 aliphatic rings. The monoisotopic (exact) mass is 344 g/mol. The quantitative estimate of drug-likeness (QED) is 0.846. The predicted molar refractivity (Wildman–Crippen MR) is 94.2 cm³/mol. The van der Waals surface area contributed by atoms with E-state index >= 15 is 0 Å². The Bertz CT molecular complexity index is 709. The molecule has 24 heavy (non-hydrogen) atoms. The first kappa shape index (κ1) is 16.7. The second kappa shape index (κ2) is 7.59. The van der Waals surface area contributed by atoms with E-state index in [0.717, 1.165) is 12.8 Å². The SMILES string of the molecule is O=C(CCCc1cccs1)Nc1cccc(C(=O)N2CC(O)C2)c1. The summed E-state index contributed by atoms with van der Waals surface area (Å²) in [5.74, 6) is -0.162. The lowest BCUT2D eigenvalue weighted by Crippen LogP contribution is -2.53. The maximum atomic E-state index is 12.2. The first-order valence-electron chi connectivity index (χ1n) is 8.01. The molecule has 6 heteroatoms. The van der Waals surface area contributed by atoms with Gasteiger partial charge in [0.1, 0.15) is 0 Å². The minimum Gasteiger partial charge on any atom is -0.389 e. The van der Waals surface area contributed by atoms with Crippen LogP contribution in [0, 0.1) is 0 Å². The largest absolute Gasteiger partial charge is 0.389 e. The van der Waals surface area contributed by atoms with E-state index in [1.54, 1.807) is 40.5 Å². The van der Waals surface area contributed by atoms with E-state index in [4.69, 9.17) is 0 Å². The van der Waals surface area contributed by atoms with Gasteiger partial charge in [0.05, 0.1) is 6.10 Å². The molecule has 0 aliphatic carbocycles. The van der Waals surface area contributed by atoms with Crippen molar-refractivity contribution in [1.82, 2.24) is 4.90 Å². The van der Waals surface area contributed by atoms with Crippen LogP contribution in [0.15, 0.2) is 41.8 Å². The summed E-state index contributed by atoms with van der Waals surface area (Å²) in [4.78, 5) is 27.1. The molecule has 0 saturated carbocycles. The smallest absolute Gasteiger partial charge is 0.254 e. The molecule has 2 N–H and O–H groups in total. The number of nitrogens with one attached hydrogen (secondary N) is 1. The van der Waals surface area contributed by atoms with Gasteiger partial charge in [-0.25, -0.2) is 0 Å². The number of carbonyl (C=O) groups is 2. The molecule has 1 fully saturated rings. The second-order valence-corrected chi connectivity index (χ2v) is 6.96. The molecule has 126 valence electrons. The Labute approximate surface area is 144 Å². The van der Waals surface area contributed by atoms with E-state index < -0.39 is 6.10 Å². The molecule has 3 rings (SSSR count). The van der Waals surface area contributed by atoms with E-state index in [1.165, 1.54) is 4.88 Å². The summed E-state index contributed by atoms with van der Waals surface area (Å²) in [6.45, 7) is 0.746. The molecule has 5 nitrogen and oxygen atoms in total. The number of hydrogen-bond donors (Lipinski definition) is 2. The van der Waals surface area contributed by atoms with Crippen LogP contribution in [0.25, 0.3) is 0 Å². The molecule has 2 amide bonds. The number of aryl methyl sites for hydroxylation is 1. The number of aliphatic hydroxyl groups is 1. The van der Waals surface area contributed by atoms with E-state index in [1.807, 2.05) is 11.4 Å². The fourth-order valence-corrected chi connectivity index (χ4v) is 3.39. The van der Waals surface area contributed by atoms with Crippen molar-refractivity contribution >= 4 is 28.8 Å². The fraction of sp³-hybridized carbons (Fsp3) is 0.333. The third-order valence-electron chi connectivity index (χ3n) is 3.95. The van der Waals surface area contributed by atoms with Crippen molar-refractivity contribution in [3.63, 3.8) is 0 Å². The first-order valence-corrected chi connectivity index (χ1v) is 8.89. The van der Waals surface area contributed by atoms with Crippen LogP contribution in [0.2, 0.25) is 0 Å². The highest BCUT2D eigenvalue weighted by atomic mass is 32.1. The Hall–Kier alpha value is -2.18. The van der Waals surface area contributed by atoms with Crippen LogP contribution >= 0.6 is 11.3 Å². The molecule has 0 unspecified atom stereocenters. The van der Waals surface area contributed by atoms with Gasteiger partial charge in [0, 0.05) is 35.6 Å². The van der Waals surface area contributed by atoms with Crippen molar-refractivity contribution in [3.8, 4) is 0 Å². The summed E-state index contributed by atoms with van der Waals surface area (Å²) in [7, 11) is 0. The summed E-state index contributed by atoms with van der Waals surface area (Å²) < 4.78 is 0. The topological polar surface area (TPSA) is 69.6 Å². The minimum atomic E-state index is -0.416. The van der Waals surface area contributed by atoms with Crippen molar-refractivity contribution < 1.29 is 14.7 Å². The minimum absolute atomic E-state index is 0.0458. The fourth-order valence-electron chi connectivity index (χ4n) is 2.64. The van der Waals surface area contributed by atoms with Crippen LogP contribution in [-0.4, -0.2) is 41.0 Å². The molecular formula is C18H20N2O3S. The van der Waals surface area contributed by atoms with Crippen LogP contribution in [0.3, 0.4) is 0 Å². The molecule has 0 spiro atoms. The van der Waals surface area contributed by atoms with Gasteiger partial charge in [0.15, 0.2) is 0 Å². The zero-order valence-electron chi connectivity index (χ0n) is 13.3. The van der Waals surface area contributed by atoms with E-state index in [-0.39, 0.29) is 11.8 Å². The number of aliphatic hydroxyl groups excluding tert-OH is 1. The van der Waals surface area contributed by atoms with Crippen molar-refractivity contribution in [2.24, 2.45) is 0 Å². The standard InChI is InChI=1S/C18H20N2O3S/c21-15-11-20(12-15)18(23)13-4-1-5-14(10-13)19-17(22)8-2-6-16-7-3-9-24-16/h1,3-5,7,9-10,15,21H,2,6,8,11-12H2,(H,19,22). The van der Waals surface area contributed by atoms with Crippen molar-refractivity contribution in [2.75, 3.05) is 18.4 Å². The molecular weight excluding hydrogens is 324 g/mol. The van der Waals surface area contributed by atoms with E-state index in [0.29, 0.717) is 30.8 Å². The number of likely N-dealkylation sites (tertiary alicyclic amines) is 1. The molecule has 1 aromatic heterocycles. The third kappa shape index (κ3) is 4.21. The number of benzene rings is 1. The molecule has 1 aromatic carbocycles. The number of amides is 2. The average molecular weight is 344 g/mol. The highest BCUT2D eigenvalue weighted by molar-refractivity contribution is 7.09. The maximum absolute atomic E-state index is 12.2. The zero-order chi connectivity index (χ0) is 16.9. The van der Waals surface area contributed by atoms with Gasteiger partial charge in [-0.05, 0) is 42.5 Å². The molecule has 1 saturated heterocycles. The summed E-state index contributed by atoms with van der Waals surface area (Å²) >= 11 is 1.70. The maximum Gasteiger partial charge on any atom is 0.254 e. The Kier molecular flexibility index (Phi) is 5.27. The van der Waals surface area contributed by atoms with Gasteiger partial charge in [0.2, 0.25) is 5.91 Å². The lowest BCUT2D eigenvalue weighted by molar-refractivity contribution is -0.116. The lowest BCUT2D eigenvalue weighted by atomic mass is 10.1. The molecule has 0 atom stereocenters. The van der Waals surface area contributed by atoms with Crippen molar-refractivity contribution in [1.29, 1.82) is 0 Å². The van der Waals surface area contributed by atoms with Gasteiger partial charge >= 0.3 is 0 Å². The summed E-state index contributed by atoms with van der Waals surface area (Å²) in [5, 5.41) is 14.2. The average Bonchev–Trinajstić information content (AvgIpc) is 3.05. The van der Waals surface area contributed by atoms with Gasteiger partial charge in [-0.3, -0.25) is 9.59 Å². The number of anilines is 1. The van der Waals surface area contributed by atoms with E-state index in [9.17, 15) is 14.7 Å². The van der Waals surface area contributed by atoms with Crippen molar-refractivity contribution in [3.05, 3.63) is 52.2 Å². The third-order valence-corrected chi connectivity index (χ3v) is 4.89. The highest BCUT2D eigenvalue weighted by Crippen LogP contribution is 2.17. The molecule has 0 bridgehead atoms. The Morgan fingerprint density at radius 3 is 2.79 bits per heavy atom. The van der Waals surface area contributed by atoms with Crippen LogP contribution in [0.4, 0.5) is 5.69 Å². The number of carbonyl (C=O) groups excluding carboxylic acids is 2. The number of rotatable bonds is 6. The van der Waals surface area contributed by atoms with Gasteiger partial charge in [0.25, 0.3) is 5.91 Å². The lowest BCUT2D eigenvalue weighted by Gasteiger charge is -2.35. The number of thiophene rings is 1. The van der Waals surface area contributed by atoms with E-state index in [2.05, 4.69) is 11.4 Å². The van der Waals surface area contributed by atoms with Crippen LogP contribution in [0.1, 0.15) is 28.1 Å². The van der Waals surface area contributed by atoms with Crippen LogP contribution in [-0.2, 0) is 11.2 Å². The number of hydrogen-bond acceptors (Lipinski definition) is 4. The normalized spacial score (nSPS) is 14.3. The van der Waals surface area contributed by atoms with Crippen LogP contribution in [0.5, 0.6) is 0 Å². The zero-order valence-corrected chi connectivity index (χ0v) is 14.1. The van der Waals surface area contributed by atoms with Gasteiger partial charge in [-0.15, -0.1) is 11.3 Å². The summed E-state index contributed by atoms with van der Waals surface area (Å²) in [5.41, 5.74) is 1.15. The second-order valence-electron chi connectivity index (χ2n) is 5.93. The van der Waals surface area contributed by atoms with Crippen molar-refractivity contribution in [2.45, 2.75) is 25.4 Å². The molecule has 2 aromatic rings. The number of nitrogens with zero attached hydrogens (tertiary/aromatic N) is 1. The Balaban J connectivity index is 1.50. The summed E-state index contributed by atoms with van der Waals surface area (Å²) in [6.07, 6.45) is 1.74. The Morgan fingerprint density at radius 1 is 1.25 bits per heavy atom. The van der Waals surface area contributed by atoms with Crippen LogP contribution < -0.4 is 5.32 Å².